The molecular formula is C15H13ClO3. The second kappa shape index (κ2) is 6.25. The summed E-state index contributed by atoms with van der Waals surface area (Å²) in [5, 5.41) is 0.620. The molecule has 2 aromatic rings. The van der Waals surface area contributed by atoms with Crippen LogP contribution in [0.4, 0.5) is 0 Å². The van der Waals surface area contributed by atoms with E-state index in [2.05, 4.69) is 0 Å². The van der Waals surface area contributed by atoms with E-state index in [0.717, 1.165) is 11.8 Å². The van der Waals surface area contributed by atoms with Crippen LogP contribution in [0, 0.1) is 0 Å². The number of hydrogen-bond acceptors (Lipinski definition) is 3. The minimum Gasteiger partial charge on any atom is -0.497 e. The van der Waals surface area contributed by atoms with Crippen molar-refractivity contribution in [3.05, 3.63) is 59.1 Å². The third-order valence-corrected chi connectivity index (χ3v) is 2.88. The van der Waals surface area contributed by atoms with Crippen molar-refractivity contribution >= 4 is 17.9 Å². The molecule has 0 saturated heterocycles. The summed E-state index contributed by atoms with van der Waals surface area (Å²) < 4.78 is 10.7. The van der Waals surface area contributed by atoms with Gasteiger partial charge in [0.15, 0.2) is 12.4 Å². The van der Waals surface area contributed by atoms with Gasteiger partial charge in [-0.1, -0.05) is 29.8 Å². The Morgan fingerprint density at radius 2 is 1.79 bits per heavy atom. The van der Waals surface area contributed by atoms with E-state index in [4.69, 9.17) is 21.1 Å². The average Bonchev–Trinajstić information content (AvgIpc) is 2.46. The summed E-state index contributed by atoms with van der Waals surface area (Å²) in [4.78, 5) is 11.2. The van der Waals surface area contributed by atoms with Gasteiger partial charge in [-0.05, 0) is 29.8 Å². The van der Waals surface area contributed by atoms with Crippen molar-refractivity contribution in [2.45, 2.75) is 6.10 Å². The van der Waals surface area contributed by atoms with E-state index in [0.29, 0.717) is 16.5 Å². The van der Waals surface area contributed by atoms with Gasteiger partial charge in [-0.25, -0.2) is 0 Å². The van der Waals surface area contributed by atoms with Gasteiger partial charge in [-0.15, -0.1) is 0 Å². The largest absolute Gasteiger partial charge is 0.497 e. The second-order valence-electron chi connectivity index (χ2n) is 3.91. The molecule has 0 saturated carbocycles. The Hall–Kier alpha value is -2.00. The van der Waals surface area contributed by atoms with Crippen LogP contribution in [0.15, 0.2) is 48.5 Å². The molecular weight excluding hydrogens is 264 g/mol. The van der Waals surface area contributed by atoms with Crippen LogP contribution in [0.3, 0.4) is 0 Å². The fourth-order valence-electron chi connectivity index (χ4n) is 1.65. The van der Waals surface area contributed by atoms with Crippen LogP contribution in [0.5, 0.6) is 11.5 Å². The van der Waals surface area contributed by atoms with Crippen molar-refractivity contribution in [1.29, 1.82) is 0 Å². The number of ether oxygens (including phenoxy) is 2. The van der Waals surface area contributed by atoms with Gasteiger partial charge in [0.2, 0.25) is 0 Å². The Morgan fingerprint density at radius 1 is 1.11 bits per heavy atom. The zero-order valence-corrected chi connectivity index (χ0v) is 11.1. The van der Waals surface area contributed by atoms with Gasteiger partial charge in [-0.2, -0.15) is 0 Å². The van der Waals surface area contributed by atoms with Crippen LogP contribution in [0.25, 0.3) is 0 Å². The smallest absolute Gasteiger partial charge is 0.179 e. The van der Waals surface area contributed by atoms with Crippen molar-refractivity contribution in [2.75, 3.05) is 7.11 Å². The van der Waals surface area contributed by atoms with Crippen LogP contribution < -0.4 is 9.47 Å². The predicted molar refractivity (Wildman–Crippen MR) is 73.9 cm³/mol. The Labute approximate surface area is 116 Å². The van der Waals surface area contributed by atoms with E-state index in [1.54, 1.807) is 49.6 Å². The first-order valence-corrected chi connectivity index (χ1v) is 6.12. The van der Waals surface area contributed by atoms with Gasteiger partial charge in [0.25, 0.3) is 0 Å². The average molecular weight is 277 g/mol. The van der Waals surface area contributed by atoms with Crippen molar-refractivity contribution in [2.24, 2.45) is 0 Å². The van der Waals surface area contributed by atoms with Gasteiger partial charge < -0.3 is 9.47 Å². The predicted octanol–water partition coefficient (Wildman–Crippen LogP) is 3.67. The SMILES string of the molecule is COc1cccc(OC(C=O)c2ccc(Cl)cc2)c1. The van der Waals surface area contributed by atoms with Gasteiger partial charge in [0, 0.05) is 11.1 Å². The molecule has 2 aromatic carbocycles. The normalized spacial score (nSPS) is 11.7. The lowest BCUT2D eigenvalue weighted by Gasteiger charge is -2.14. The van der Waals surface area contributed by atoms with E-state index >= 15 is 0 Å². The Morgan fingerprint density at radius 3 is 2.42 bits per heavy atom. The number of rotatable bonds is 5. The van der Waals surface area contributed by atoms with Crippen LogP contribution in [-0.2, 0) is 4.79 Å². The molecule has 3 nitrogen and oxygen atoms in total. The Balaban J connectivity index is 2.18. The first-order valence-electron chi connectivity index (χ1n) is 5.74. The summed E-state index contributed by atoms with van der Waals surface area (Å²) in [5.41, 5.74) is 0.752. The highest BCUT2D eigenvalue weighted by atomic mass is 35.5. The summed E-state index contributed by atoms with van der Waals surface area (Å²) in [6.07, 6.45) is 0.0901. The minimum absolute atomic E-state index is 0.575. The van der Waals surface area contributed by atoms with Crippen LogP contribution in [0.1, 0.15) is 11.7 Å². The fourth-order valence-corrected chi connectivity index (χ4v) is 1.77. The minimum atomic E-state index is -0.663. The van der Waals surface area contributed by atoms with E-state index in [1.807, 2.05) is 6.07 Å². The summed E-state index contributed by atoms with van der Waals surface area (Å²) in [6, 6.07) is 14.1. The summed E-state index contributed by atoms with van der Waals surface area (Å²) >= 11 is 5.81. The molecule has 0 amide bonds. The maximum Gasteiger partial charge on any atom is 0.179 e. The maximum absolute atomic E-state index is 11.2. The number of benzene rings is 2. The zero-order chi connectivity index (χ0) is 13.7. The number of methoxy groups -OCH3 is 1. The Bertz CT molecular complexity index is 552. The number of hydrogen-bond donors (Lipinski definition) is 0. The lowest BCUT2D eigenvalue weighted by atomic mass is 10.1. The molecule has 4 heteroatoms. The van der Waals surface area contributed by atoms with E-state index in [9.17, 15) is 4.79 Å². The number of carbonyl (C=O) groups excluding carboxylic acids is 1. The first-order chi connectivity index (χ1) is 9.22. The van der Waals surface area contributed by atoms with E-state index in [-0.39, 0.29) is 0 Å². The molecule has 0 aromatic heterocycles. The first kappa shape index (κ1) is 13.4. The maximum atomic E-state index is 11.2. The van der Waals surface area contributed by atoms with E-state index < -0.39 is 6.10 Å². The molecule has 0 aliphatic rings. The second-order valence-corrected chi connectivity index (χ2v) is 4.34. The highest BCUT2D eigenvalue weighted by molar-refractivity contribution is 6.30. The molecule has 0 aliphatic carbocycles. The van der Waals surface area contributed by atoms with Crippen molar-refractivity contribution in [3.63, 3.8) is 0 Å². The van der Waals surface area contributed by atoms with Crippen molar-refractivity contribution < 1.29 is 14.3 Å². The lowest BCUT2D eigenvalue weighted by molar-refractivity contribution is -0.113. The van der Waals surface area contributed by atoms with Crippen molar-refractivity contribution in [1.82, 2.24) is 0 Å². The molecule has 0 heterocycles. The van der Waals surface area contributed by atoms with Gasteiger partial charge in [-0.3, -0.25) is 4.79 Å². The molecule has 0 bridgehead atoms. The molecule has 0 radical (unpaired) electrons. The molecule has 0 N–H and O–H groups in total. The van der Waals surface area contributed by atoms with Crippen LogP contribution in [0.2, 0.25) is 5.02 Å². The lowest BCUT2D eigenvalue weighted by Crippen LogP contribution is -2.08. The molecule has 0 aliphatic heterocycles. The highest BCUT2D eigenvalue weighted by Gasteiger charge is 2.12. The topological polar surface area (TPSA) is 35.5 Å². The summed E-state index contributed by atoms with van der Waals surface area (Å²) in [6.45, 7) is 0. The van der Waals surface area contributed by atoms with E-state index in [1.165, 1.54) is 0 Å². The quantitative estimate of drug-likeness (QED) is 0.782. The Kier molecular flexibility index (Phi) is 4.42. The third-order valence-electron chi connectivity index (χ3n) is 2.63. The molecule has 2 rings (SSSR count). The number of aldehydes is 1. The third kappa shape index (κ3) is 3.48. The number of halogens is 1. The standard InChI is InChI=1S/C15H13ClO3/c1-18-13-3-2-4-14(9-13)19-15(10-17)11-5-7-12(16)8-6-11/h2-10,15H,1H3. The monoisotopic (exact) mass is 276 g/mol. The van der Waals surface area contributed by atoms with Gasteiger partial charge >= 0.3 is 0 Å². The summed E-state index contributed by atoms with van der Waals surface area (Å²) in [7, 11) is 1.58. The molecule has 98 valence electrons. The molecule has 1 unspecified atom stereocenters. The fraction of sp³-hybridized carbons (Fsp3) is 0.133. The van der Waals surface area contributed by atoms with Crippen LogP contribution in [-0.4, -0.2) is 13.4 Å². The highest BCUT2D eigenvalue weighted by Crippen LogP contribution is 2.25. The molecule has 1 atom stereocenters. The molecule has 19 heavy (non-hydrogen) atoms. The zero-order valence-electron chi connectivity index (χ0n) is 10.4. The number of carbonyl (C=O) groups is 1. The molecule has 0 spiro atoms. The van der Waals surface area contributed by atoms with Crippen molar-refractivity contribution in [3.8, 4) is 11.5 Å². The molecule has 0 fully saturated rings. The van der Waals surface area contributed by atoms with Gasteiger partial charge in [0.05, 0.1) is 7.11 Å². The summed E-state index contributed by atoms with van der Waals surface area (Å²) in [5.74, 6) is 1.25. The van der Waals surface area contributed by atoms with Gasteiger partial charge in [0.1, 0.15) is 11.5 Å². The van der Waals surface area contributed by atoms with Crippen LogP contribution >= 0.6 is 11.6 Å².